The van der Waals surface area contributed by atoms with Crippen LogP contribution in [0.25, 0.3) is 5.82 Å². The predicted octanol–water partition coefficient (Wildman–Crippen LogP) is 2.21. The first kappa shape index (κ1) is 17.7. The van der Waals surface area contributed by atoms with Crippen molar-refractivity contribution in [2.24, 2.45) is 0 Å². The summed E-state index contributed by atoms with van der Waals surface area (Å²) in [5.41, 5.74) is 7.89. The van der Waals surface area contributed by atoms with Gasteiger partial charge in [0.05, 0.1) is 24.4 Å². The fourth-order valence-corrected chi connectivity index (χ4v) is 3.57. The maximum Gasteiger partial charge on any atom is 0.242 e. The molecule has 4 rings (SSSR count). The molecule has 2 aromatic heterocycles. The van der Waals surface area contributed by atoms with Crippen molar-refractivity contribution < 1.29 is 14.3 Å². The zero-order valence-corrected chi connectivity index (χ0v) is 15.5. The number of nitrogens with two attached hydrogens (primary N) is 1. The van der Waals surface area contributed by atoms with Crippen LogP contribution >= 0.6 is 0 Å². The Labute approximate surface area is 161 Å². The highest BCUT2D eigenvalue weighted by Crippen LogP contribution is 2.40. The van der Waals surface area contributed by atoms with Crippen molar-refractivity contribution in [1.82, 2.24) is 14.8 Å². The molecule has 0 radical (unpaired) electrons. The van der Waals surface area contributed by atoms with Gasteiger partial charge in [-0.15, -0.1) is 0 Å². The van der Waals surface area contributed by atoms with Crippen LogP contribution in [0.15, 0.2) is 48.7 Å². The van der Waals surface area contributed by atoms with Gasteiger partial charge in [-0.2, -0.15) is 9.78 Å². The monoisotopic (exact) mass is 377 g/mol. The van der Waals surface area contributed by atoms with E-state index in [0.29, 0.717) is 34.3 Å². The van der Waals surface area contributed by atoms with Gasteiger partial charge in [-0.25, -0.2) is 9.88 Å². The summed E-state index contributed by atoms with van der Waals surface area (Å²) in [5.74, 6) is -0.0284. The minimum Gasteiger partial charge on any atom is -0.495 e. The molecular weight excluding hydrogens is 358 g/mol. The number of amides is 2. The molecule has 8 nitrogen and oxygen atoms in total. The molecule has 1 fully saturated rings. The number of aromatic nitrogens is 3. The van der Waals surface area contributed by atoms with Crippen LogP contribution in [-0.2, 0) is 9.59 Å². The van der Waals surface area contributed by atoms with Crippen LogP contribution in [0.1, 0.15) is 23.6 Å². The Hall–Kier alpha value is -3.68. The molecule has 1 aliphatic rings. The minimum atomic E-state index is -0.699. The van der Waals surface area contributed by atoms with Crippen LogP contribution in [0.4, 0.5) is 11.5 Å². The topological polar surface area (TPSA) is 103 Å². The summed E-state index contributed by atoms with van der Waals surface area (Å²) < 4.78 is 6.80. The lowest BCUT2D eigenvalue weighted by Crippen LogP contribution is -2.30. The Morgan fingerprint density at radius 3 is 2.61 bits per heavy atom. The van der Waals surface area contributed by atoms with Crippen molar-refractivity contribution in [3.8, 4) is 11.6 Å². The van der Waals surface area contributed by atoms with Crippen LogP contribution in [0.3, 0.4) is 0 Å². The van der Waals surface area contributed by atoms with Crippen molar-refractivity contribution >= 4 is 23.3 Å². The van der Waals surface area contributed by atoms with Crippen LogP contribution in [0.2, 0.25) is 0 Å². The van der Waals surface area contributed by atoms with Gasteiger partial charge in [0.15, 0.2) is 5.82 Å². The van der Waals surface area contributed by atoms with Gasteiger partial charge in [0.1, 0.15) is 11.6 Å². The number of aryl methyl sites for hydroxylation is 1. The van der Waals surface area contributed by atoms with Crippen LogP contribution in [0, 0.1) is 6.92 Å². The third-order valence-electron chi connectivity index (χ3n) is 4.83. The Bertz CT molecular complexity index is 1060. The van der Waals surface area contributed by atoms with E-state index >= 15 is 0 Å². The zero-order valence-electron chi connectivity index (χ0n) is 15.5. The predicted molar refractivity (Wildman–Crippen MR) is 103 cm³/mol. The summed E-state index contributed by atoms with van der Waals surface area (Å²) in [6, 6.07) is 12.3. The summed E-state index contributed by atoms with van der Waals surface area (Å²) >= 11 is 0. The van der Waals surface area contributed by atoms with Gasteiger partial charge in [0.2, 0.25) is 11.8 Å². The molecule has 3 aromatic rings. The van der Waals surface area contributed by atoms with E-state index in [1.54, 1.807) is 49.5 Å². The molecule has 0 aliphatic carbocycles. The van der Waals surface area contributed by atoms with Crippen molar-refractivity contribution in [1.29, 1.82) is 0 Å². The second-order valence-electron chi connectivity index (χ2n) is 6.48. The number of para-hydroxylation sites is 2. The second-order valence-corrected chi connectivity index (χ2v) is 6.48. The molecule has 2 amide bonds. The summed E-state index contributed by atoms with van der Waals surface area (Å²) in [7, 11) is 1.50. The van der Waals surface area contributed by atoms with E-state index in [1.165, 1.54) is 16.7 Å². The fraction of sp³-hybridized carbons (Fsp3) is 0.200. The molecule has 142 valence electrons. The number of pyridine rings is 1. The molecular formula is C20H19N5O3. The van der Waals surface area contributed by atoms with E-state index in [4.69, 9.17) is 10.5 Å². The summed E-state index contributed by atoms with van der Waals surface area (Å²) in [6.45, 7) is 1.77. The van der Waals surface area contributed by atoms with Gasteiger partial charge in [0, 0.05) is 18.2 Å². The maximum atomic E-state index is 13.2. The Morgan fingerprint density at radius 2 is 1.89 bits per heavy atom. The number of carbonyl (C=O) groups excluding carboxylic acids is 2. The number of hydrogen-bond acceptors (Lipinski definition) is 6. The van der Waals surface area contributed by atoms with Crippen molar-refractivity contribution in [2.45, 2.75) is 19.3 Å². The Balaban J connectivity index is 1.75. The number of nitrogen functional groups attached to an aromatic ring is 1. The van der Waals surface area contributed by atoms with E-state index in [2.05, 4.69) is 10.1 Å². The standard InChI is InChI=1S/C20H19N5O3/c1-12-18(19(21)25(23-12)16-9-5-6-10-22-16)13-11-17(26)24(20(13)27)14-7-3-4-8-15(14)28-2/h3-10,13H,11,21H2,1-2H3/t13-/m0/s1. The highest BCUT2D eigenvalue weighted by atomic mass is 16.5. The molecule has 0 bridgehead atoms. The molecule has 8 heteroatoms. The minimum absolute atomic E-state index is 0.0236. The smallest absolute Gasteiger partial charge is 0.242 e. The number of methoxy groups -OCH3 is 1. The Kier molecular flexibility index (Phi) is 4.31. The molecule has 1 atom stereocenters. The third-order valence-corrected chi connectivity index (χ3v) is 4.83. The van der Waals surface area contributed by atoms with Crippen molar-refractivity contribution in [2.75, 3.05) is 17.7 Å². The number of hydrogen-bond donors (Lipinski definition) is 1. The van der Waals surface area contributed by atoms with Crippen LogP contribution < -0.4 is 15.4 Å². The summed E-state index contributed by atoms with van der Waals surface area (Å²) in [6.07, 6.45) is 1.66. The van der Waals surface area contributed by atoms with Crippen molar-refractivity contribution in [3.63, 3.8) is 0 Å². The number of carbonyl (C=O) groups is 2. The molecule has 1 aliphatic heterocycles. The number of nitrogens with zero attached hydrogens (tertiary/aromatic N) is 4. The van der Waals surface area contributed by atoms with E-state index in [9.17, 15) is 9.59 Å². The van der Waals surface area contributed by atoms with E-state index < -0.39 is 5.92 Å². The second kappa shape index (κ2) is 6.80. The Morgan fingerprint density at radius 1 is 1.14 bits per heavy atom. The molecule has 0 saturated carbocycles. The molecule has 0 spiro atoms. The van der Waals surface area contributed by atoms with Gasteiger partial charge < -0.3 is 10.5 Å². The van der Waals surface area contributed by atoms with Crippen LogP contribution in [0.5, 0.6) is 5.75 Å². The van der Waals surface area contributed by atoms with E-state index in [-0.39, 0.29) is 18.2 Å². The average molecular weight is 377 g/mol. The number of anilines is 2. The quantitative estimate of drug-likeness (QED) is 0.699. The van der Waals surface area contributed by atoms with E-state index in [0.717, 1.165) is 0 Å². The molecule has 1 aromatic carbocycles. The number of rotatable bonds is 4. The SMILES string of the molecule is COc1ccccc1N1C(=O)C[C@@H](c2c(C)nn(-c3ccccn3)c2N)C1=O. The van der Waals surface area contributed by atoms with Gasteiger partial charge in [0.25, 0.3) is 0 Å². The lowest BCUT2D eigenvalue weighted by atomic mass is 9.97. The highest BCUT2D eigenvalue weighted by Gasteiger charge is 2.44. The largest absolute Gasteiger partial charge is 0.495 e. The van der Waals surface area contributed by atoms with Gasteiger partial charge in [-0.3, -0.25) is 9.59 Å². The summed E-state index contributed by atoms with van der Waals surface area (Å²) in [5, 5.41) is 4.44. The number of ether oxygens (including phenoxy) is 1. The van der Waals surface area contributed by atoms with Gasteiger partial charge in [-0.1, -0.05) is 18.2 Å². The van der Waals surface area contributed by atoms with E-state index in [1.807, 2.05) is 6.07 Å². The lowest BCUT2D eigenvalue weighted by molar-refractivity contribution is -0.121. The summed E-state index contributed by atoms with van der Waals surface area (Å²) in [4.78, 5) is 31.3. The molecule has 2 N–H and O–H groups in total. The van der Waals surface area contributed by atoms with Crippen LogP contribution in [-0.4, -0.2) is 33.7 Å². The number of imide groups is 1. The first-order valence-electron chi connectivity index (χ1n) is 8.79. The molecule has 1 saturated heterocycles. The molecule has 3 heterocycles. The first-order valence-corrected chi connectivity index (χ1v) is 8.79. The fourth-order valence-electron chi connectivity index (χ4n) is 3.57. The van der Waals surface area contributed by atoms with Gasteiger partial charge >= 0.3 is 0 Å². The average Bonchev–Trinajstić information content (AvgIpc) is 3.16. The molecule has 0 unspecified atom stereocenters. The highest BCUT2D eigenvalue weighted by molar-refractivity contribution is 6.23. The number of benzene rings is 1. The first-order chi connectivity index (χ1) is 13.5. The van der Waals surface area contributed by atoms with Crippen molar-refractivity contribution in [3.05, 3.63) is 59.9 Å². The normalized spacial score (nSPS) is 16.6. The lowest BCUT2D eigenvalue weighted by Gasteiger charge is -2.18. The van der Waals surface area contributed by atoms with Gasteiger partial charge in [-0.05, 0) is 31.2 Å². The molecule has 28 heavy (non-hydrogen) atoms. The zero-order chi connectivity index (χ0) is 19.8. The maximum absolute atomic E-state index is 13.2. The third kappa shape index (κ3) is 2.70.